The van der Waals surface area contributed by atoms with Crippen LogP contribution in [-0.2, 0) is 44.8 Å². The molecule has 3 aliphatic heterocycles. The Labute approximate surface area is 461 Å². The van der Waals surface area contributed by atoms with Gasteiger partial charge in [0.15, 0.2) is 5.69 Å². The third-order valence-corrected chi connectivity index (χ3v) is 13.8. The highest BCUT2D eigenvalue weighted by molar-refractivity contribution is 6.34. The van der Waals surface area contributed by atoms with Crippen LogP contribution in [0.1, 0.15) is 36.3 Å². The Balaban J connectivity index is 0.900. The third kappa shape index (κ3) is 16.6. The molecule has 23 nitrogen and oxygen atoms in total. The lowest BCUT2D eigenvalue weighted by atomic mass is 9.95. The summed E-state index contributed by atoms with van der Waals surface area (Å²) in [5, 5.41) is 39.8. The lowest BCUT2D eigenvalue weighted by molar-refractivity contribution is -0.140. The van der Waals surface area contributed by atoms with Crippen molar-refractivity contribution < 1.29 is 67.8 Å². The number of hydrogen-bond donors (Lipinski definition) is 5. The molecule has 4 heterocycles. The van der Waals surface area contributed by atoms with E-state index in [1.54, 1.807) is 61.7 Å². The van der Waals surface area contributed by atoms with Gasteiger partial charge >= 0.3 is 17.9 Å². The number of fused-ring (bicyclic) bond motifs is 3. The summed E-state index contributed by atoms with van der Waals surface area (Å²) in [6.45, 7) is 7.58. The maximum Gasteiger partial charge on any atom is 0.317 e. The molecule has 422 valence electrons. The van der Waals surface area contributed by atoms with Crippen LogP contribution in [0.3, 0.4) is 0 Å². The predicted octanol–water partition coefficient (Wildman–Crippen LogP) is 3.62. The number of carbonyl (C=O) groups excluding carboxylic acids is 3. The summed E-state index contributed by atoms with van der Waals surface area (Å²) in [6.07, 6.45) is 0.0601. The van der Waals surface area contributed by atoms with Crippen LogP contribution in [0.15, 0.2) is 54.6 Å². The summed E-state index contributed by atoms with van der Waals surface area (Å²) in [5.74, 6) is -2.91. The summed E-state index contributed by atoms with van der Waals surface area (Å²) in [7, 11) is 1.56. The normalized spacial score (nSPS) is 16.7. The Morgan fingerprint density at radius 2 is 1.29 bits per heavy atom. The van der Waals surface area contributed by atoms with E-state index >= 15 is 0 Å². The second-order valence-electron chi connectivity index (χ2n) is 19.6. The fourth-order valence-corrected chi connectivity index (χ4v) is 9.95. The number of methoxy groups -OCH3 is 1. The van der Waals surface area contributed by atoms with Crippen molar-refractivity contribution in [2.75, 3.05) is 144 Å². The Morgan fingerprint density at radius 1 is 0.705 bits per heavy atom. The van der Waals surface area contributed by atoms with E-state index < -0.39 is 23.4 Å². The van der Waals surface area contributed by atoms with Crippen LogP contribution in [0, 0.1) is 0 Å². The highest BCUT2D eigenvalue weighted by Crippen LogP contribution is 2.47. The first-order chi connectivity index (χ1) is 37.4. The predicted molar refractivity (Wildman–Crippen MR) is 288 cm³/mol. The van der Waals surface area contributed by atoms with Gasteiger partial charge in [-0.3, -0.25) is 48.4 Å². The van der Waals surface area contributed by atoms with Crippen LogP contribution < -0.4 is 20.1 Å². The lowest BCUT2D eigenvalue weighted by Gasteiger charge is -2.41. The van der Waals surface area contributed by atoms with Gasteiger partial charge in [-0.1, -0.05) is 35.3 Å². The van der Waals surface area contributed by atoms with Crippen LogP contribution in [-0.4, -0.2) is 229 Å². The van der Waals surface area contributed by atoms with E-state index in [-0.39, 0.29) is 122 Å². The van der Waals surface area contributed by atoms with Crippen LogP contribution in [0.2, 0.25) is 10.0 Å². The fraction of sp³-hybridized carbons (Fsp3) is 0.491. The van der Waals surface area contributed by atoms with Crippen molar-refractivity contribution >= 4 is 64.5 Å². The molecule has 3 amide bonds. The van der Waals surface area contributed by atoms with Gasteiger partial charge in [-0.2, -0.15) is 5.10 Å². The smallest absolute Gasteiger partial charge is 0.317 e. The fourth-order valence-electron chi connectivity index (χ4n) is 9.44. The van der Waals surface area contributed by atoms with Crippen molar-refractivity contribution in [1.29, 1.82) is 0 Å². The van der Waals surface area contributed by atoms with Crippen molar-refractivity contribution in [3.63, 3.8) is 0 Å². The van der Waals surface area contributed by atoms with Crippen molar-refractivity contribution in [2.24, 2.45) is 0 Å². The number of anilines is 1. The number of amides is 3. The molecule has 5 N–H and O–H groups in total. The molecule has 3 aromatic carbocycles. The average Bonchev–Trinajstić information content (AvgIpc) is 3.84. The van der Waals surface area contributed by atoms with Crippen molar-refractivity contribution in [2.45, 2.75) is 32.4 Å². The van der Waals surface area contributed by atoms with Gasteiger partial charge in [0, 0.05) is 104 Å². The molecule has 1 aromatic heterocycles. The minimum atomic E-state index is -1.04. The standard InChI is InChI=1S/C53H67Cl2N9O14/c1-53(2)34-77-20-17-63(53)52(73)50-42-33-78-44-28-43(74-3)40(27-41(44)51(42)64(58-50)39-25-36(54)24-37(55)26-39)35-5-4-6-38(23-35)57-45(65)7-18-75-21-22-76-19-8-56-46(66)29-59-9-11-60(30-47(67)68)13-15-62(32-49(71)72)16-14-61(12-10-59)31-48(69)70/h4-6,23-28H,7-22,29-34H2,1-3H3,(H,56,66)(H,57,65)(H,67,68)(H,69,70)(H,71,72). The summed E-state index contributed by atoms with van der Waals surface area (Å²) in [5.41, 5.74) is 4.01. The molecule has 78 heavy (non-hydrogen) atoms. The molecule has 4 aromatic rings. The molecule has 25 heteroatoms. The van der Waals surface area contributed by atoms with Gasteiger partial charge in [0.2, 0.25) is 11.8 Å². The van der Waals surface area contributed by atoms with E-state index in [0.29, 0.717) is 101 Å². The Hall–Kier alpha value is -6.41. The molecule has 0 bridgehead atoms. The van der Waals surface area contributed by atoms with E-state index in [9.17, 15) is 44.1 Å². The monoisotopic (exact) mass is 1120 g/mol. The number of carboxylic acids is 3. The van der Waals surface area contributed by atoms with Gasteiger partial charge in [-0.05, 0) is 55.8 Å². The number of benzene rings is 3. The van der Waals surface area contributed by atoms with Crippen LogP contribution >= 0.6 is 23.2 Å². The molecule has 0 spiro atoms. The number of carbonyl (C=O) groups is 6. The van der Waals surface area contributed by atoms with Crippen LogP contribution in [0.5, 0.6) is 11.5 Å². The van der Waals surface area contributed by atoms with E-state index in [1.807, 2.05) is 43.0 Å². The maximum absolute atomic E-state index is 14.4. The maximum atomic E-state index is 14.4. The first kappa shape index (κ1) is 59.3. The Morgan fingerprint density at radius 3 is 1.87 bits per heavy atom. The summed E-state index contributed by atoms with van der Waals surface area (Å²) < 4.78 is 30.9. The SMILES string of the molecule is COc1cc2c(cc1-c1cccc(NC(=O)CCOCCOCCNC(=O)CN3CCN(CC(=O)O)CCN(CC(=O)O)CCN(CC(=O)O)CC3)c1)-c1c(c(C(=O)N3CCOCC3(C)C)nn1-c1cc(Cl)cc(Cl)c1)CO2. The Bertz CT molecular complexity index is 2740. The molecule has 0 saturated carbocycles. The van der Waals surface area contributed by atoms with Gasteiger partial charge in [0.1, 0.15) is 18.1 Å². The minimum Gasteiger partial charge on any atom is -0.496 e. The zero-order valence-electron chi connectivity index (χ0n) is 44.0. The third-order valence-electron chi connectivity index (χ3n) is 13.3. The number of nitrogens with zero attached hydrogens (tertiary/aromatic N) is 7. The molecule has 0 aliphatic carbocycles. The quantitative estimate of drug-likeness (QED) is 0.0704. The molecule has 0 unspecified atom stereocenters. The van der Waals surface area contributed by atoms with E-state index in [4.69, 9.17) is 52.0 Å². The molecule has 0 radical (unpaired) electrons. The number of rotatable bonds is 22. The molecular formula is C53H67Cl2N9O14. The molecule has 2 saturated heterocycles. The summed E-state index contributed by atoms with van der Waals surface area (Å²) >= 11 is 13.0. The zero-order chi connectivity index (χ0) is 55.9. The zero-order valence-corrected chi connectivity index (χ0v) is 45.5. The van der Waals surface area contributed by atoms with Gasteiger partial charge < -0.3 is 54.5 Å². The average molecular weight is 1130 g/mol. The largest absolute Gasteiger partial charge is 0.496 e. The summed E-state index contributed by atoms with van der Waals surface area (Å²) in [4.78, 5) is 83.8. The van der Waals surface area contributed by atoms with Crippen molar-refractivity contribution in [3.8, 4) is 39.6 Å². The van der Waals surface area contributed by atoms with Crippen LogP contribution in [0.4, 0.5) is 5.69 Å². The minimum absolute atomic E-state index is 0.0179. The highest BCUT2D eigenvalue weighted by Gasteiger charge is 2.39. The molecule has 3 aliphatic rings. The number of morpholine rings is 1. The Kier molecular flexibility index (Phi) is 21.2. The number of halogens is 2. The second-order valence-corrected chi connectivity index (χ2v) is 20.5. The number of carboxylic acid groups (broad SMARTS) is 3. The molecule has 2 fully saturated rings. The van der Waals surface area contributed by atoms with Gasteiger partial charge in [0.05, 0.1) is 96.3 Å². The number of aliphatic carboxylic acids is 3. The van der Waals surface area contributed by atoms with E-state index in [0.717, 1.165) is 5.56 Å². The molecule has 7 rings (SSSR count). The summed E-state index contributed by atoms with van der Waals surface area (Å²) in [6, 6.07) is 16.1. The number of aromatic nitrogens is 2. The number of hydrogen-bond acceptors (Lipinski definition) is 16. The highest BCUT2D eigenvalue weighted by atomic mass is 35.5. The van der Waals surface area contributed by atoms with Crippen LogP contribution in [0.25, 0.3) is 28.1 Å². The van der Waals surface area contributed by atoms with Gasteiger partial charge in [0.25, 0.3) is 5.91 Å². The van der Waals surface area contributed by atoms with E-state index in [1.165, 1.54) is 0 Å². The van der Waals surface area contributed by atoms with Crippen molar-refractivity contribution in [1.82, 2.24) is 39.6 Å². The lowest BCUT2D eigenvalue weighted by Crippen LogP contribution is -2.55. The first-order valence-corrected chi connectivity index (χ1v) is 26.3. The topological polar surface area (TPSA) is 267 Å². The molecular weight excluding hydrogens is 1060 g/mol. The number of nitrogens with one attached hydrogen (secondary N) is 2. The van der Waals surface area contributed by atoms with Gasteiger partial charge in [-0.15, -0.1) is 0 Å². The molecule has 0 atom stereocenters. The van der Waals surface area contributed by atoms with Crippen molar-refractivity contribution in [3.05, 3.63) is 75.9 Å². The van der Waals surface area contributed by atoms with Gasteiger partial charge in [-0.25, -0.2) is 4.68 Å². The van der Waals surface area contributed by atoms with E-state index in [2.05, 4.69) is 10.6 Å². The second kappa shape index (κ2) is 28.0. The number of ether oxygens (including phenoxy) is 5. The first-order valence-electron chi connectivity index (χ1n) is 25.6.